The second kappa shape index (κ2) is 21.9. The van der Waals surface area contributed by atoms with Crippen molar-refractivity contribution >= 4 is 103 Å². The first kappa shape index (κ1) is 49.6. The van der Waals surface area contributed by atoms with Gasteiger partial charge in [-0.25, -0.2) is 19.9 Å². The van der Waals surface area contributed by atoms with Crippen LogP contribution < -0.4 is 0 Å². The van der Waals surface area contributed by atoms with Crippen LogP contribution in [0.5, 0.6) is 0 Å². The minimum atomic E-state index is 0.854. The molecule has 0 aliphatic heterocycles. The predicted molar refractivity (Wildman–Crippen MR) is 345 cm³/mol. The standard InChI is InChI=1S/C36H23N3S.C19H12N2S.C17H12BrN/c1-4-12-24(13-5-1)27-22-31(25-14-6-2-7-15-25)37-33(23-27)39-32-19-11-10-18-28(32)29-20-21-30-35(34(29)39)40-36(38-30)26-16-8-3-9-17-26;1-2-6-12(7-3-1)19-21-16-11-10-14-13-8-4-5-9-15(13)20-17(14)18(16)22-19;18-17-12-15(13-7-3-1-4-8-13)11-16(19-17)14-9-5-2-6-10-14/h1-23H;1-11,20H;1-12H. The Labute approximate surface area is 484 Å². The SMILES string of the molecule is Brc1cc(-c2ccccc2)cc(-c2ccccc2)n1.c1ccc(-c2cc(-c3ccccc3)nc(-n3c4ccccc4c4ccc5nc(-c6ccccc6)sc5c43)c2)cc1.c1ccc(-c2nc3ccc4c5ccccc5[nH]c4c3s2)cc1. The number of hydrogen-bond acceptors (Lipinski definition) is 6. The molecule has 16 aromatic rings. The number of aromatic nitrogens is 6. The fourth-order valence-corrected chi connectivity index (χ4v) is 13.2. The Morgan fingerprint density at radius 2 is 0.778 bits per heavy atom. The predicted octanol–water partition coefficient (Wildman–Crippen LogP) is 20.6. The summed E-state index contributed by atoms with van der Waals surface area (Å²) in [7, 11) is 0. The molecule has 0 aliphatic carbocycles. The van der Waals surface area contributed by atoms with Crippen LogP contribution in [-0.4, -0.2) is 29.5 Å². The molecule has 0 fully saturated rings. The summed E-state index contributed by atoms with van der Waals surface area (Å²) in [6, 6.07) is 96.6. The van der Waals surface area contributed by atoms with Gasteiger partial charge in [0.1, 0.15) is 20.4 Å². The minimum absolute atomic E-state index is 0.854. The molecule has 9 heteroatoms. The lowest BCUT2D eigenvalue weighted by atomic mass is 10.0. The third kappa shape index (κ3) is 9.89. The molecule has 0 aliphatic rings. The van der Waals surface area contributed by atoms with Crippen molar-refractivity contribution in [2.24, 2.45) is 0 Å². The molecule has 0 radical (unpaired) electrons. The van der Waals surface area contributed by atoms with Crippen molar-refractivity contribution in [3.05, 3.63) is 284 Å². The maximum atomic E-state index is 5.29. The van der Waals surface area contributed by atoms with E-state index in [0.29, 0.717) is 0 Å². The number of nitrogens with zero attached hydrogens (tertiary/aromatic N) is 5. The fraction of sp³-hybridized carbons (Fsp3) is 0. The third-order valence-electron chi connectivity index (χ3n) is 14.5. The molecule has 16 rings (SSSR count). The Hall–Kier alpha value is -9.64. The first-order valence-corrected chi connectivity index (χ1v) is 29.1. The van der Waals surface area contributed by atoms with Crippen LogP contribution in [0.1, 0.15) is 0 Å². The van der Waals surface area contributed by atoms with Gasteiger partial charge in [0.05, 0.1) is 48.4 Å². The molecule has 6 nitrogen and oxygen atoms in total. The number of aromatic amines is 1. The largest absolute Gasteiger partial charge is 0.353 e. The summed E-state index contributed by atoms with van der Waals surface area (Å²) in [5.74, 6) is 0.897. The van der Waals surface area contributed by atoms with Crippen LogP contribution >= 0.6 is 38.6 Å². The summed E-state index contributed by atoms with van der Waals surface area (Å²) in [6.45, 7) is 0. The lowest BCUT2D eigenvalue weighted by Crippen LogP contribution is -2.00. The Balaban J connectivity index is 0.000000121. The van der Waals surface area contributed by atoms with E-state index < -0.39 is 0 Å². The maximum Gasteiger partial charge on any atom is 0.138 e. The average Bonchev–Trinajstić information content (AvgIpc) is 4.39. The van der Waals surface area contributed by atoms with E-state index in [4.69, 9.17) is 15.0 Å². The van der Waals surface area contributed by atoms with E-state index in [9.17, 15) is 0 Å². The second-order valence-electron chi connectivity index (χ2n) is 19.6. The Bertz CT molecular complexity index is 4750. The molecule has 0 spiro atoms. The van der Waals surface area contributed by atoms with Crippen LogP contribution in [0.25, 0.3) is 136 Å². The summed E-state index contributed by atoms with van der Waals surface area (Å²) in [6.07, 6.45) is 0. The van der Waals surface area contributed by atoms with Gasteiger partial charge in [-0.3, -0.25) is 4.57 Å². The Morgan fingerprint density at radius 1 is 0.333 bits per heavy atom. The monoisotopic (exact) mass is 1140 g/mol. The zero-order valence-electron chi connectivity index (χ0n) is 43.5. The molecule has 0 bridgehead atoms. The van der Waals surface area contributed by atoms with Crippen LogP contribution in [0.4, 0.5) is 0 Å². The highest BCUT2D eigenvalue weighted by atomic mass is 79.9. The van der Waals surface area contributed by atoms with E-state index in [1.165, 1.54) is 64.2 Å². The number of fused-ring (bicyclic) bond motifs is 10. The summed E-state index contributed by atoms with van der Waals surface area (Å²) in [4.78, 5) is 23.2. The van der Waals surface area contributed by atoms with Crippen LogP contribution in [0, 0.1) is 0 Å². The second-order valence-corrected chi connectivity index (χ2v) is 22.4. The van der Waals surface area contributed by atoms with E-state index in [2.05, 4.69) is 249 Å². The quantitative estimate of drug-likeness (QED) is 0.161. The Morgan fingerprint density at radius 3 is 1.36 bits per heavy atom. The van der Waals surface area contributed by atoms with Crippen molar-refractivity contribution < 1.29 is 0 Å². The van der Waals surface area contributed by atoms with Gasteiger partial charge in [-0.2, -0.15) is 0 Å². The first-order chi connectivity index (χ1) is 40.1. The van der Waals surface area contributed by atoms with E-state index in [1.807, 2.05) is 60.7 Å². The van der Waals surface area contributed by atoms with Crippen molar-refractivity contribution in [3.63, 3.8) is 0 Å². The fourth-order valence-electron chi connectivity index (χ4n) is 10.6. The van der Waals surface area contributed by atoms with Crippen LogP contribution in [0.15, 0.2) is 284 Å². The van der Waals surface area contributed by atoms with Gasteiger partial charge in [-0.05, 0) is 98.8 Å². The highest BCUT2D eigenvalue weighted by Gasteiger charge is 2.20. The van der Waals surface area contributed by atoms with Gasteiger partial charge in [0.2, 0.25) is 0 Å². The molecule has 81 heavy (non-hydrogen) atoms. The molecule has 0 saturated carbocycles. The average molecular weight is 1140 g/mol. The normalized spacial score (nSPS) is 11.3. The smallest absolute Gasteiger partial charge is 0.138 e. The number of pyridine rings is 2. The highest BCUT2D eigenvalue weighted by molar-refractivity contribution is 9.10. The molecule has 0 unspecified atom stereocenters. The van der Waals surface area contributed by atoms with Gasteiger partial charge < -0.3 is 4.98 Å². The zero-order valence-corrected chi connectivity index (χ0v) is 46.7. The number of rotatable bonds is 7. The van der Waals surface area contributed by atoms with Crippen LogP contribution in [0.2, 0.25) is 0 Å². The van der Waals surface area contributed by atoms with Gasteiger partial charge in [0.25, 0.3) is 0 Å². The minimum Gasteiger partial charge on any atom is -0.353 e. The van der Waals surface area contributed by atoms with E-state index in [1.54, 1.807) is 22.7 Å². The zero-order chi connectivity index (χ0) is 54.1. The Kier molecular flexibility index (Phi) is 13.4. The van der Waals surface area contributed by atoms with Gasteiger partial charge >= 0.3 is 0 Å². The van der Waals surface area contributed by atoms with E-state index in [-0.39, 0.29) is 0 Å². The van der Waals surface area contributed by atoms with Crippen molar-refractivity contribution in [3.8, 4) is 71.7 Å². The molecule has 0 atom stereocenters. The van der Waals surface area contributed by atoms with Gasteiger partial charge in [-0.1, -0.05) is 218 Å². The summed E-state index contributed by atoms with van der Waals surface area (Å²) in [5, 5.41) is 7.06. The number of halogens is 1. The van der Waals surface area contributed by atoms with Crippen LogP contribution in [0.3, 0.4) is 0 Å². The van der Waals surface area contributed by atoms with Gasteiger partial charge in [0.15, 0.2) is 0 Å². The summed E-state index contributed by atoms with van der Waals surface area (Å²) < 4.78 is 5.58. The topological polar surface area (TPSA) is 72.3 Å². The molecule has 6 heterocycles. The molecule has 6 aromatic heterocycles. The molecule has 0 saturated heterocycles. The number of para-hydroxylation sites is 2. The van der Waals surface area contributed by atoms with Crippen molar-refractivity contribution in [1.29, 1.82) is 0 Å². The van der Waals surface area contributed by atoms with Crippen molar-refractivity contribution in [2.45, 2.75) is 0 Å². The number of hydrogen-bond donors (Lipinski definition) is 1. The summed E-state index contributed by atoms with van der Waals surface area (Å²) >= 11 is 6.99. The maximum absolute atomic E-state index is 5.29. The lowest BCUT2D eigenvalue weighted by Gasteiger charge is -2.13. The van der Waals surface area contributed by atoms with Gasteiger partial charge in [-0.15, -0.1) is 22.7 Å². The number of H-pyrrole nitrogens is 1. The molecule has 1 N–H and O–H groups in total. The number of nitrogens with one attached hydrogen (secondary N) is 1. The molecule has 384 valence electrons. The van der Waals surface area contributed by atoms with E-state index in [0.717, 1.165) is 76.1 Å². The van der Waals surface area contributed by atoms with Crippen molar-refractivity contribution in [1.82, 2.24) is 29.5 Å². The van der Waals surface area contributed by atoms with Crippen molar-refractivity contribution in [2.75, 3.05) is 0 Å². The molecule has 10 aromatic carbocycles. The highest BCUT2D eigenvalue weighted by Crippen LogP contribution is 2.42. The molecular weight excluding hydrogens is 1090 g/mol. The molecule has 0 amide bonds. The number of thiazole rings is 2. The lowest BCUT2D eigenvalue weighted by molar-refractivity contribution is 1.09. The summed E-state index contributed by atoms with van der Waals surface area (Å²) in [5.41, 5.74) is 17.8. The molecular formula is C72H47BrN6S2. The third-order valence-corrected chi connectivity index (χ3v) is 17.1. The number of benzene rings is 10. The first-order valence-electron chi connectivity index (χ1n) is 26.7. The van der Waals surface area contributed by atoms with Crippen LogP contribution in [-0.2, 0) is 0 Å². The van der Waals surface area contributed by atoms with E-state index >= 15 is 0 Å². The van der Waals surface area contributed by atoms with Gasteiger partial charge in [0, 0.05) is 49.3 Å².